The van der Waals surface area contributed by atoms with Gasteiger partial charge in [-0.05, 0) is 39.0 Å². The molecule has 1 unspecified atom stereocenters. The van der Waals surface area contributed by atoms with Gasteiger partial charge in [-0.1, -0.05) is 22.0 Å². The van der Waals surface area contributed by atoms with E-state index < -0.39 is 23.6 Å². The average molecular weight is 358 g/mol. The van der Waals surface area contributed by atoms with E-state index in [9.17, 15) is 9.59 Å². The Labute approximate surface area is 132 Å². The molecular formula is C14H20BrN3O3. The largest absolute Gasteiger partial charge is 0.444 e. The van der Waals surface area contributed by atoms with E-state index in [1.54, 1.807) is 26.8 Å². The van der Waals surface area contributed by atoms with Crippen molar-refractivity contribution >= 4 is 33.6 Å². The van der Waals surface area contributed by atoms with Crippen LogP contribution in [0.1, 0.15) is 20.8 Å². The monoisotopic (exact) mass is 357 g/mol. The molecule has 0 aliphatic heterocycles. The Kier molecular flexibility index (Phi) is 6.02. The number of hydrogen-bond acceptors (Lipinski definition) is 4. The van der Waals surface area contributed by atoms with Gasteiger partial charge in [0.05, 0.1) is 6.54 Å². The number of hydrogen-bond donors (Lipinski definition) is 3. The number of anilines is 1. The smallest absolute Gasteiger partial charge is 0.407 e. The maximum atomic E-state index is 11.6. The first-order valence-electron chi connectivity index (χ1n) is 6.45. The third-order valence-corrected chi connectivity index (χ3v) is 2.85. The molecule has 7 heteroatoms. The Morgan fingerprint density at radius 3 is 2.57 bits per heavy atom. The van der Waals surface area contributed by atoms with Gasteiger partial charge < -0.3 is 21.1 Å². The van der Waals surface area contributed by atoms with Gasteiger partial charge in [0, 0.05) is 10.2 Å². The van der Waals surface area contributed by atoms with E-state index in [0.717, 1.165) is 10.2 Å². The zero-order chi connectivity index (χ0) is 16.0. The summed E-state index contributed by atoms with van der Waals surface area (Å²) in [5.41, 5.74) is 5.46. The number of alkyl carbamates (subject to hydrolysis) is 1. The van der Waals surface area contributed by atoms with E-state index in [0.29, 0.717) is 0 Å². The summed E-state index contributed by atoms with van der Waals surface area (Å²) in [6.07, 6.45) is -0.593. The number of rotatable bonds is 5. The fraction of sp³-hybridized carbons (Fsp3) is 0.429. The van der Waals surface area contributed by atoms with E-state index in [4.69, 9.17) is 10.5 Å². The van der Waals surface area contributed by atoms with Crippen LogP contribution in [0.15, 0.2) is 28.7 Å². The Balaban J connectivity index is 2.59. The van der Waals surface area contributed by atoms with Gasteiger partial charge >= 0.3 is 6.09 Å². The lowest BCUT2D eigenvalue weighted by molar-refractivity contribution is -0.118. The minimum absolute atomic E-state index is 0.0385. The Bertz CT molecular complexity index is 514. The summed E-state index contributed by atoms with van der Waals surface area (Å²) in [6, 6.07) is 6.57. The number of nitrogens with one attached hydrogen (secondary N) is 2. The average Bonchev–Trinajstić information content (AvgIpc) is 2.32. The van der Waals surface area contributed by atoms with Crippen LogP contribution in [0, 0.1) is 0 Å². The first-order valence-corrected chi connectivity index (χ1v) is 7.25. The highest BCUT2D eigenvalue weighted by Crippen LogP contribution is 2.16. The number of ether oxygens (including phenoxy) is 1. The first kappa shape index (κ1) is 17.3. The van der Waals surface area contributed by atoms with Crippen molar-refractivity contribution in [2.75, 3.05) is 11.9 Å². The molecule has 1 aromatic rings. The molecule has 4 N–H and O–H groups in total. The fourth-order valence-corrected chi connectivity index (χ4v) is 1.90. The van der Waals surface area contributed by atoms with Crippen LogP contribution in [-0.4, -0.2) is 30.2 Å². The summed E-state index contributed by atoms with van der Waals surface area (Å²) >= 11 is 3.34. The molecule has 6 nitrogen and oxygen atoms in total. The lowest BCUT2D eigenvalue weighted by Crippen LogP contribution is -2.46. The highest BCUT2D eigenvalue weighted by atomic mass is 79.9. The zero-order valence-electron chi connectivity index (χ0n) is 12.3. The highest BCUT2D eigenvalue weighted by molar-refractivity contribution is 9.10. The molecule has 0 aliphatic carbocycles. The van der Waals surface area contributed by atoms with E-state index in [2.05, 4.69) is 26.6 Å². The van der Waals surface area contributed by atoms with Gasteiger partial charge in [-0.15, -0.1) is 0 Å². The molecule has 0 saturated heterocycles. The molecule has 0 fully saturated rings. The predicted molar refractivity (Wildman–Crippen MR) is 85.0 cm³/mol. The number of amides is 2. The van der Waals surface area contributed by atoms with Crippen LogP contribution in [0.3, 0.4) is 0 Å². The van der Waals surface area contributed by atoms with Crippen molar-refractivity contribution < 1.29 is 14.3 Å². The van der Waals surface area contributed by atoms with Crippen molar-refractivity contribution in [1.29, 1.82) is 0 Å². The normalized spacial score (nSPS) is 12.4. The third-order valence-electron chi connectivity index (χ3n) is 2.36. The van der Waals surface area contributed by atoms with Crippen molar-refractivity contribution in [1.82, 2.24) is 5.32 Å². The van der Waals surface area contributed by atoms with Crippen LogP contribution in [0.4, 0.5) is 10.5 Å². The molecule has 0 aliphatic rings. The highest BCUT2D eigenvalue weighted by Gasteiger charge is 2.20. The van der Waals surface area contributed by atoms with Crippen molar-refractivity contribution in [2.45, 2.75) is 32.4 Å². The summed E-state index contributed by atoms with van der Waals surface area (Å²) in [4.78, 5) is 23.0. The summed E-state index contributed by atoms with van der Waals surface area (Å²) in [5, 5.41) is 5.48. The zero-order valence-corrected chi connectivity index (χ0v) is 13.9. The summed E-state index contributed by atoms with van der Waals surface area (Å²) in [5.74, 6) is -0.564. The molecule has 0 aromatic heterocycles. The Morgan fingerprint density at radius 1 is 1.38 bits per heavy atom. The minimum atomic E-state index is -0.730. The standard InChI is InChI=1S/C14H20BrN3O3/c1-14(2,3)21-13(20)17-8-11(12(16)19)18-10-6-4-5-9(15)7-10/h4-7,11,18H,8H2,1-3H3,(H2,16,19)(H,17,20). The van der Waals surface area contributed by atoms with Gasteiger partial charge in [-0.3, -0.25) is 4.79 Å². The molecular weight excluding hydrogens is 338 g/mol. The second-order valence-corrected chi connectivity index (χ2v) is 6.41. The molecule has 1 atom stereocenters. The van der Waals surface area contributed by atoms with Crippen molar-refractivity contribution in [3.05, 3.63) is 28.7 Å². The summed E-state index contributed by atoms with van der Waals surface area (Å²) in [6.45, 7) is 5.32. The molecule has 0 heterocycles. The third kappa shape index (κ3) is 6.99. The lowest BCUT2D eigenvalue weighted by atomic mass is 10.2. The predicted octanol–water partition coefficient (Wildman–Crippen LogP) is 2.24. The molecule has 21 heavy (non-hydrogen) atoms. The lowest BCUT2D eigenvalue weighted by Gasteiger charge is -2.22. The molecule has 0 saturated carbocycles. The molecule has 1 aromatic carbocycles. The molecule has 0 bridgehead atoms. The van der Waals surface area contributed by atoms with Crippen LogP contribution < -0.4 is 16.4 Å². The van der Waals surface area contributed by atoms with Gasteiger partial charge in [0.25, 0.3) is 0 Å². The number of halogens is 1. The van der Waals surface area contributed by atoms with Crippen molar-refractivity contribution in [2.24, 2.45) is 5.73 Å². The van der Waals surface area contributed by atoms with Crippen LogP contribution in [0.5, 0.6) is 0 Å². The molecule has 0 spiro atoms. The number of carbonyl (C=O) groups excluding carboxylic acids is 2. The SMILES string of the molecule is CC(C)(C)OC(=O)NCC(Nc1cccc(Br)c1)C(N)=O. The van der Waals surface area contributed by atoms with E-state index in [-0.39, 0.29) is 6.54 Å². The van der Waals surface area contributed by atoms with Gasteiger partial charge in [0.1, 0.15) is 11.6 Å². The Hall–Kier alpha value is -1.76. The number of carbonyl (C=O) groups is 2. The van der Waals surface area contributed by atoms with Crippen molar-refractivity contribution in [3.63, 3.8) is 0 Å². The number of nitrogens with two attached hydrogens (primary N) is 1. The maximum Gasteiger partial charge on any atom is 0.407 e. The number of primary amides is 1. The molecule has 2 amide bonds. The van der Waals surface area contributed by atoms with Crippen LogP contribution in [0.25, 0.3) is 0 Å². The van der Waals surface area contributed by atoms with E-state index in [1.807, 2.05) is 18.2 Å². The van der Waals surface area contributed by atoms with Gasteiger partial charge in [-0.2, -0.15) is 0 Å². The topological polar surface area (TPSA) is 93.4 Å². The van der Waals surface area contributed by atoms with Crippen LogP contribution >= 0.6 is 15.9 Å². The van der Waals surface area contributed by atoms with E-state index in [1.165, 1.54) is 0 Å². The van der Waals surface area contributed by atoms with Crippen LogP contribution in [0.2, 0.25) is 0 Å². The maximum absolute atomic E-state index is 11.6. The van der Waals surface area contributed by atoms with Gasteiger partial charge in [-0.25, -0.2) is 4.79 Å². The van der Waals surface area contributed by atoms with Crippen molar-refractivity contribution in [3.8, 4) is 0 Å². The number of benzene rings is 1. The van der Waals surface area contributed by atoms with Crippen LogP contribution in [-0.2, 0) is 9.53 Å². The van der Waals surface area contributed by atoms with Gasteiger partial charge in [0.2, 0.25) is 5.91 Å². The quantitative estimate of drug-likeness (QED) is 0.753. The molecule has 116 valence electrons. The second-order valence-electron chi connectivity index (χ2n) is 5.49. The minimum Gasteiger partial charge on any atom is -0.444 e. The molecule has 0 radical (unpaired) electrons. The van der Waals surface area contributed by atoms with Gasteiger partial charge in [0.15, 0.2) is 0 Å². The fourth-order valence-electron chi connectivity index (χ4n) is 1.50. The first-order chi connectivity index (χ1) is 9.67. The second kappa shape index (κ2) is 7.31. The summed E-state index contributed by atoms with van der Waals surface area (Å²) < 4.78 is 5.97. The Morgan fingerprint density at radius 2 is 2.05 bits per heavy atom. The molecule has 1 rings (SSSR count). The summed E-state index contributed by atoms with van der Waals surface area (Å²) in [7, 11) is 0. The van der Waals surface area contributed by atoms with E-state index >= 15 is 0 Å².